The van der Waals surface area contributed by atoms with Gasteiger partial charge in [0, 0.05) is 18.8 Å². The molecule has 1 heterocycles. The molecule has 0 aromatic carbocycles. The number of hydrogen-bond donors (Lipinski definition) is 1. The third kappa shape index (κ3) is 11.5. The van der Waals surface area contributed by atoms with Crippen molar-refractivity contribution < 1.29 is 14.3 Å². The Morgan fingerprint density at radius 3 is 2.75 bits per heavy atom. The van der Waals surface area contributed by atoms with Gasteiger partial charge in [-0.2, -0.15) is 0 Å². The predicted octanol–water partition coefficient (Wildman–Crippen LogP) is 4.76. The fraction of sp³-hybridized carbons (Fsp3) is 0.579. The number of aliphatic imine (C=N–C) groups is 1. The summed E-state index contributed by atoms with van der Waals surface area (Å²) >= 11 is 0. The minimum atomic E-state index is -0.494. The molecular formula is C19H32N2O3. The van der Waals surface area contributed by atoms with Gasteiger partial charge in [0.15, 0.2) is 0 Å². The third-order valence-electron chi connectivity index (χ3n) is 2.59. The first-order valence-electron chi connectivity index (χ1n) is 8.56. The van der Waals surface area contributed by atoms with Gasteiger partial charge in [0.25, 0.3) is 0 Å². The number of nitrogens with one attached hydrogen (secondary N) is 1. The van der Waals surface area contributed by atoms with E-state index in [1.54, 1.807) is 6.20 Å². The fourth-order valence-electron chi connectivity index (χ4n) is 1.65. The van der Waals surface area contributed by atoms with Crippen LogP contribution in [0.15, 0.2) is 40.8 Å². The minimum Gasteiger partial charge on any atom is -0.491 e. The number of amides is 1. The van der Waals surface area contributed by atoms with Gasteiger partial charge < -0.3 is 14.8 Å². The van der Waals surface area contributed by atoms with Gasteiger partial charge in [0.05, 0.1) is 6.54 Å². The summed E-state index contributed by atoms with van der Waals surface area (Å²) in [5.74, 6) is 0.736. The molecule has 0 saturated carbocycles. The molecule has 1 N–H and O–H groups in total. The maximum Gasteiger partial charge on any atom is 0.408 e. The second-order valence-corrected chi connectivity index (χ2v) is 5.89. The second kappa shape index (κ2) is 12.4. The first-order chi connectivity index (χ1) is 11.4. The molecular weight excluding hydrogens is 304 g/mol. The molecule has 0 bridgehead atoms. The van der Waals surface area contributed by atoms with Gasteiger partial charge in [0.1, 0.15) is 18.0 Å². The standard InChI is InChI=1S/C17H26N2O3.C2H6/c1-5-6-9-18-10-7-8-14-11-15(21-13-14)12-19-16(20)22-17(2,3)4;1-2/h6,8-11H,5,7,12-13H2,1-4H3,(H,19,20);1-2H3/b9-6+,14-8-,18-10?;. The molecule has 1 aliphatic rings. The quantitative estimate of drug-likeness (QED) is 0.711. The van der Waals surface area contributed by atoms with Gasteiger partial charge in [-0.3, -0.25) is 4.99 Å². The summed E-state index contributed by atoms with van der Waals surface area (Å²) in [5, 5.41) is 2.67. The Balaban J connectivity index is 0.00000254. The average Bonchev–Trinajstić information content (AvgIpc) is 2.97. The van der Waals surface area contributed by atoms with Gasteiger partial charge in [-0.1, -0.05) is 32.9 Å². The number of carbonyl (C=O) groups is 1. The maximum atomic E-state index is 11.5. The summed E-state index contributed by atoms with van der Waals surface area (Å²) in [4.78, 5) is 15.7. The Morgan fingerprint density at radius 1 is 1.42 bits per heavy atom. The van der Waals surface area contributed by atoms with Crippen molar-refractivity contribution >= 4 is 12.3 Å². The van der Waals surface area contributed by atoms with E-state index in [1.807, 2.05) is 53.0 Å². The SMILES string of the molecule is CC.CC/C=C/N=CC/C=C1/C=C(CNC(=O)OC(C)(C)C)OC1. The Hall–Kier alpha value is -2.04. The van der Waals surface area contributed by atoms with Crippen LogP contribution in [-0.4, -0.2) is 31.1 Å². The van der Waals surface area contributed by atoms with Crippen molar-refractivity contribution in [3.05, 3.63) is 35.8 Å². The van der Waals surface area contributed by atoms with Crippen LogP contribution in [0.5, 0.6) is 0 Å². The Morgan fingerprint density at radius 2 is 2.12 bits per heavy atom. The molecule has 0 spiro atoms. The molecule has 5 nitrogen and oxygen atoms in total. The monoisotopic (exact) mass is 336 g/mol. The van der Waals surface area contributed by atoms with E-state index in [0.29, 0.717) is 13.2 Å². The number of nitrogens with zero attached hydrogens (tertiary/aromatic N) is 1. The molecule has 0 atom stereocenters. The summed E-state index contributed by atoms with van der Waals surface area (Å²) in [5.41, 5.74) is 0.595. The molecule has 1 rings (SSSR count). The van der Waals surface area contributed by atoms with E-state index >= 15 is 0 Å². The van der Waals surface area contributed by atoms with Gasteiger partial charge in [-0.25, -0.2) is 4.79 Å². The Bertz CT molecular complexity index is 483. The van der Waals surface area contributed by atoms with Crippen LogP contribution in [0.4, 0.5) is 4.79 Å². The topological polar surface area (TPSA) is 59.9 Å². The third-order valence-corrected chi connectivity index (χ3v) is 2.59. The van der Waals surface area contributed by atoms with E-state index in [-0.39, 0.29) is 0 Å². The zero-order valence-electron chi connectivity index (χ0n) is 15.9. The van der Waals surface area contributed by atoms with Gasteiger partial charge in [-0.15, -0.1) is 0 Å². The lowest BCUT2D eigenvalue weighted by Gasteiger charge is -2.19. The molecule has 5 heteroatoms. The smallest absolute Gasteiger partial charge is 0.408 e. The lowest BCUT2D eigenvalue weighted by molar-refractivity contribution is 0.0524. The predicted molar refractivity (Wildman–Crippen MR) is 100 cm³/mol. The summed E-state index contributed by atoms with van der Waals surface area (Å²) in [6.07, 6.45) is 11.0. The van der Waals surface area contributed by atoms with Crippen LogP contribution in [0.3, 0.4) is 0 Å². The second-order valence-electron chi connectivity index (χ2n) is 5.89. The van der Waals surface area contributed by atoms with Crippen molar-refractivity contribution in [3.8, 4) is 0 Å². The van der Waals surface area contributed by atoms with Crippen LogP contribution in [0.1, 0.15) is 54.4 Å². The largest absolute Gasteiger partial charge is 0.491 e. The molecule has 24 heavy (non-hydrogen) atoms. The number of allylic oxidation sites excluding steroid dienone is 2. The summed E-state index contributed by atoms with van der Waals surface area (Å²) in [6, 6.07) is 0. The highest BCUT2D eigenvalue weighted by atomic mass is 16.6. The molecule has 0 aromatic rings. The zero-order chi connectivity index (χ0) is 18.4. The van der Waals surface area contributed by atoms with Crippen LogP contribution in [0.2, 0.25) is 0 Å². The van der Waals surface area contributed by atoms with Gasteiger partial charge in [0.2, 0.25) is 0 Å². The van der Waals surface area contributed by atoms with Crippen molar-refractivity contribution in [3.63, 3.8) is 0 Å². The maximum absolute atomic E-state index is 11.5. The van der Waals surface area contributed by atoms with Gasteiger partial charge >= 0.3 is 6.09 Å². The van der Waals surface area contributed by atoms with E-state index in [1.165, 1.54) is 0 Å². The van der Waals surface area contributed by atoms with E-state index in [9.17, 15) is 4.79 Å². The van der Waals surface area contributed by atoms with Crippen LogP contribution in [-0.2, 0) is 9.47 Å². The number of ether oxygens (including phenoxy) is 2. The number of alkyl carbamates (subject to hydrolysis) is 1. The molecule has 0 aromatic heterocycles. The van der Waals surface area contributed by atoms with Gasteiger partial charge in [-0.05, 0) is 38.8 Å². The molecule has 1 aliphatic heterocycles. The molecule has 0 aliphatic carbocycles. The lowest BCUT2D eigenvalue weighted by Crippen LogP contribution is -2.33. The van der Waals surface area contributed by atoms with Crippen molar-refractivity contribution in [1.29, 1.82) is 0 Å². The highest BCUT2D eigenvalue weighted by Gasteiger charge is 2.17. The van der Waals surface area contributed by atoms with Crippen molar-refractivity contribution in [2.24, 2.45) is 4.99 Å². The summed E-state index contributed by atoms with van der Waals surface area (Å²) in [6.45, 7) is 12.4. The molecule has 1 amide bonds. The Kier molecular flexibility index (Phi) is 11.3. The van der Waals surface area contributed by atoms with Crippen LogP contribution < -0.4 is 5.32 Å². The summed E-state index contributed by atoms with van der Waals surface area (Å²) in [7, 11) is 0. The first-order valence-corrected chi connectivity index (χ1v) is 8.56. The summed E-state index contributed by atoms with van der Waals surface area (Å²) < 4.78 is 10.7. The highest BCUT2D eigenvalue weighted by molar-refractivity contribution is 5.68. The van der Waals surface area contributed by atoms with Crippen molar-refractivity contribution in [2.45, 2.75) is 60.0 Å². The van der Waals surface area contributed by atoms with E-state index in [4.69, 9.17) is 9.47 Å². The molecule has 0 saturated heterocycles. The lowest BCUT2D eigenvalue weighted by atomic mass is 10.2. The van der Waals surface area contributed by atoms with Crippen molar-refractivity contribution in [1.82, 2.24) is 5.32 Å². The molecule has 0 fully saturated rings. The normalized spacial score (nSPS) is 15.9. The van der Waals surface area contributed by atoms with Crippen LogP contribution in [0, 0.1) is 0 Å². The molecule has 136 valence electrons. The van der Waals surface area contributed by atoms with Crippen LogP contribution in [0.25, 0.3) is 0 Å². The number of hydrogen-bond acceptors (Lipinski definition) is 4. The number of carbonyl (C=O) groups excluding carboxylic acids is 1. The van der Waals surface area contributed by atoms with E-state index in [0.717, 1.165) is 24.2 Å². The van der Waals surface area contributed by atoms with Crippen LogP contribution >= 0.6 is 0 Å². The molecule has 0 unspecified atom stereocenters. The zero-order valence-corrected chi connectivity index (χ0v) is 15.9. The Labute approximate surface area is 146 Å². The van der Waals surface area contributed by atoms with E-state index in [2.05, 4.69) is 23.3 Å². The first kappa shape index (κ1) is 22.0. The molecule has 0 radical (unpaired) electrons. The fourth-order valence-corrected chi connectivity index (χ4v) is 1.65. The highest BCUT2D eigenvalue weighted by Crippen LogP contribution is 2.15. The number of rotatable bonds is 6. The van der Waals surface area contributed by atoms with E-state index < -0.39 is 11.7 Å². The minimum absolute atomic E-state index is 0.333. The van der Waals surface area contributed by atoms with Crippen molar-refractivity contribution in [2.75, 3.05) is 13.2 Å². The average molecular weight is 336 g/mol.